The highest BCUT2D eigenvalue weighted by atomic mass is 16.1. The highest BCUT2D eigenvalue weighted by Gasteiger charge is 2.00. The van der Waals surface area contributed by atoms with Gasteiger partial charge in [-0.2, -0.15) is 5.26 Å². The lowest BCUT2D eigenvalue weighted by atomic mass is 10.0. The smallest absolute Gasteiger partial charge is 0.150 e. The number of rotatable bonds is 2. The molecule has 0 N–H and O–H groups in total. The first kappa shape index (κ1) is 9.21. The molecule has 13 heavy (non-hydrogen) atoms. The van der Waals surface area contributed by atoms with Crippen LogP contribution in [0.25, 0.3) is 5.57 Å². The zero-order valence-electron chi connectivity index (χ0n) is 7.37. The van der Waals surface area contributed by atoms with Crippen LogP contribution >= 0.6 is 0 Å². The molecule has 0 heterocycles. The molecule has 0 aliphatic carbocycles. The molecule has 0 unspecified atom stereocenters. The van der Waals surface area contributed by atoms with Crippen LogP contribution in [-0.2, 0) is 0 Å². The molecular formula is C11H9NO. The van der Waals surface area contributed by atoms with E-state index in [-0.39, 0.29) is 0 Å². The normalized spacial score (nSPS) is 8.92. The molecule has 1 rings (SSSR count). The predicted molar refractivity (Wildman–Crippen MR) is 51.3 cm³/mol. The average molecular weight is 171 g/mol. The van der Waals surface area contributed by atoms with E-state index < -0.39 is 0 Å². The van der Waals surface area contributed by atoms with Gasteiger partial charge in [0.2, 0.25) is 0 Å². The summed E-state index contributed by atoms with van der Waals surface area (Å²) in [6.07, 6.45) is 0.729. The number of nitriles is 1. The second-order valence-electron chi connectivity index (χ2n) is 2.85. The second kappa shape index (κ2) is 3.68. The van der Waals surface area contributed by atoms with E-state index in [9.17, 15) is 4.79 Å². The van der Waals surface area contributed by atoms with Crippen LogP contribution < -0.4 is 0 Å². The van der Waals surface area contributed by atoms with E-state index in [0.717, 1.165) is 17.4 Å². The van der Waals surface area contributed by atoms with Gasteiger partial charge in [-0.15, -0.1) is 0 Å². The Labute approximate surface area is 77.1 Å². The zero-order valence-corrected chi connectivity index (χ0v) is 7.37. The number of carbonyl (C=O) groups is 1. The van der Waals surface area contributed by atoms with E-state index in [0.29, 0.717) is 11.1 Å². The van der Waals surface area contributed by atoms with Crippen molar-refractivity contribution in [1.29, 1.82) is 5.26 Å². The Hall–Kier alpha value is -1.88. The Kier molecular flexibility index (Phi) is 2.61. The molecule has 0 bridgehead atoms. The quantitative estimate of drug-likeness (QED) is 0.641. The highest BCUT2D eigenvalue weighted by Crippen LogP contribution is 2.15. The molecular weight excluding hydrogens is 162 g/mol. The monoisotopic (exact) mass is 171 g/mol. The lowest BCUT2D eigenvalue weighted by Crippen LogP contribution is -1.87. The van der Waals surface area contributed by atoms with Crippen molar-refractivity contribution < 1.29 is 4.79 Å². The van der Waals surface area contributed by atoms with Gasteiger partial charge >= 0.3 is 0 Å². The largest absolute Gasteiger partial charge is 0.298 e. The average Bonchev–Trinajstić information content (AvgIpc) is 2.16. The van der Waals surface area contributed by atoms with E-state index >= 15 is 0 Å². The minimum atomic E-state index is 0.489. The molecule has 1 aromatic carbocycles. The van der Waals surface area contributed by atoms with Gasteiger partial charge in [-0.05, 0) is 30.7 Å². The van der Waals surface area contributed by atoms with Crippen molar-refractivity contribution in [3.05, 3.63) is 41.5 Å². The number of benzene rings is 1. The van der Waals surface area contributed by atoms with Crippen LogP contribution in [0.4, 0.5) is 0 Å². The number of allylic oxidation sites excluding steroid dienone is 1. The van der Waals surface area contributed by atoms with Crippen molar-refractivity contribution in [2.45, 2.75) is 6.92 Å². The highest BCUT2D eigenvalue weighted by molar-refractivity contribution is 5.78. The molecule has 0 aliphatic rings. The molecule has 2 heteroatoms. The molecule has 0 saturated carbocycles. The van der Waals surface area contributed by atoms with Gasteiger partial charge in [-0.3, -0.25) is 4.79 Å². The summed E-state index contributed by atoms with van der Waals surface area (Å²) >= 11 is 0. The van der Waals surface area contributed by atoms with Crippen LogP contribution in [0.1, 0.15) is 28.4 Å². The first-order valence-corrected chi connectivity index (χ1v) is 3.83. The fraction of sp³-hybridized carbons (Fsp3) is 0.0909. The van der Waals surface area contributed by atoms with E-state index in [2.05, 4.69) is 6.58 Å². The first-order chi connectivity index (χ1) is 6.17. The van der Waals surface area contributed by atoms with Gasteiger partial charge in [0.25, 0.3) is 0 Å². The SMILES string of the molecule is C=C(C)c1cc(C#N)cc(C=O)c1. The summed E-state index contributed by atoms with van der Waals surface area (Å²) in [7, 11) is 0. The third-order valence-corrected chi connectivity index (χ3v) is 1.71. The van der Waals surface area contributed by atoms with Gasteiger partial charge in [0.05, 0.1) is 11.6 Å². The summed E-state index contributed by atoms with van der Waals surface area (Å²) in [5, 5.41) is 8.67. The van der Waals surface area contributed by atoms with Gasteiger partial charge in [-0.25, -0.2) is 0 Å². The van der Waals surface area contributed by atoms with Gasteiger partial charge in [0, 0.05) is 5.56 Å². The standard InChI is InChI=1S/C11H9NO/c1-8(2)11-4-9(6-12)3-10(5-11)7-13/h3-5,7H,1H2,2H3. The molecule has 0 amide bonds. The van der Waals surface area contributed by atoms with E-state index in [1.165, 1.54) is 0 Å². The molecule has 2 nitrogen and oxygen atoms in total. The molecule has 0 aromatic heterocycles. The van der Waals surface area contributed by atoms with Crippen LogP contribution in [0.5, 0.6) is 0 Å². The number of aldehydes is 1. The summed E-state index contributed by atoms with van der Waals surface area (Å²) in [5.41, 5.74) is 2.68. The van der Waals surface area contributed by atoms with Crippen molar-refractivity contribution in [3.63, 3.8) is 0 Å². The molecule has 0 atom stereocenters. The van der Waals surface area contributed by atoms with E-state index in [4.69, 9.17) is 5.26 Å². The van der Waals surface area contributed by atoms with Crippen molar-refractivity contribution >= 4 is 11.9 Å². The Morgan fingerprint density at radius 2 is 2.23 bits per heavy atom. The molecule has 0 spiro atoms. The summed E-state index contributed by atoms with van der Waals surface area (Å²) in [5.74, 6) is 0. The summed E-state index contributed by atoms with van der Waals surface area (Å²) in [6, 6.07) is 6.99. The van der Waals surface area contributed by atoms with Crippen molar-refractivity contribution in [3.8, 4) is 6.07 Å². The number of hydrogen-bond donors (Lipinski definition) is 0. The number of hydrogen-bond acceptors (Lipinski definition) is 2. The molecule has 1 aromatic rings. The third kappa shape index (κ3) is 2.03. The van der Waals surface area contributed by atoms with E-state index in [1.807, 2.05) is 13.0 Å². The van der Waals surface area contributed by atoms with Crippen LogP contribution in [0.3, 0.4) is 0 Å². The fourth-order valence-electron chi connectivity index (χ4n) is 1.03. The van der Waals surface area contributed by atoms with Gasteiger partial charge in [0.15, 0.2) is 0 Å². The lowest BCUT2D eigenvalue weighted by molar-refractivity contribution is 0.112. The Morgan fingerprint density at radius 1 is 1.54 bits per heavy atom. The Bertz CT molecular complexity index is 399. The Balaban J connectivity index is 3.32. The van der Waals surface area contributed by atoms with Crippen LogP contribution in [0, 0.1) is 11.3 Å². The first-order valence-electron chi connectivity index (χ1n) is 3.83. The predicted octanol–water partition coefficient (Wildman–Crippen LogP) is 2.40. The van der Waals surface area contributed by atoms with Crippen LogP contribution in [0.15, 0.2) is 24.8 Å². The molecule has 0 radical (unpaired) electrons. The van der Waals surface area contributed by atoms with Crippen molar-refractivity contribution in [2.24, 2.45) is 0 Å². The number of carbonyl (C=O) groups excluding carboxylic acids is 1. The zero-order chi connectivity index (χ0) is 9.84. The number of nitrogens with zero attached hydrogens (tertiary/aromatic N) is 1. The molecule has 0 saturated heterocycles. The van der Waals surface area contributed by atoms with Crippen LogP contribution in [-0.4, -0.2) is 6.29 Å². The summed E-state index contributed by atoms with van der Waals surface area (Å²) < 4.78 is 0. The van der Waals surface area contributed by atoms with Gasteiger partial charge in [-0.1, -0.05) is 12.2 Å². The minimum Gasteiger partial charge on any atom is -0.298 e. The Morgan fingerprint density at radius 3 is 2.69 bits per heavy atom. The second-order valence-corrected chi connectivity index (χ2v) is 2.85. The van der Waals surface area contributed by atoms with E-state index in [1.54, 1.807) is 18.2 Å². The molecule has 0 fully saturated rings. The minimum absolute atomic E-state index is 0.489. The van der Waals surface area contributed by atoms with Crippen molar-refractivity contribution in [1.82, 2.24) is 0 Å². The fourth-order valence-corrected chi connectivity index (χ4v) is 1.03. The molecule has 0 aliphatic heterocycles. The topological polar surface area (TPSA) is 40.9 Å². The lowest BCUT2D eigenvalue weighted by Gasteiger charge is -2.01. The molecule has 64 valence electrons. The van der Waals surface area contributed by atoms with Gasteiger partial charge in [0.1, 0.15) is 6.29 Å². The maximum atomic E-state index is 10.5. The van der Waals surface area contributed by atoms with Crippen molar-refractivity contribution in [2.75, 3.05) is 0 Å². The van der Waals surface area contributed by atoms with Gasteiger partial charge < -0.3 is 0 Å². The maximum absolute atomic E-state index is 10.5. The summed E-state index contributed by atoms with van der Waals surface area (Å²) in [4.78, 5) is 10.5. The third-order valence-electron chi connectivity index (χ3n) is 1.71. The maximum Gasteiger partial charge on any atom is 0.150 e. The summed E-state index contributed by atoms with van der Waals surface area (Å²) in [6.45, 7) is 5.59. The van der Waals surface area contributed by atoms with Crippen LogP contribution in [0.2, 0.25) is 0 Å².